The lowest BCUT2D eigenvalue weighted by Gasteiger charge is -2.33. The fourth-order valence-corrected chi connectivity index (χ4v) is 3.07. The SMILES string of the molecule is Cc1nc(CN(C)C2CCCC(N)C2)cs1. The lowest BCUT2D eigenvalue weighted by molar-refractivity contribution is 0.172. The second kappa shape index (κ2) is 5.25. The Kier molecular flexibility index (Phi) is 3.95. The predicted octanol–water partition coefficient (Wildman–Crippen LogP) is 2.15. The van der Waals surface area contributed by atoms with Gasteiger partial charge in [0.25, 0.3) is 0 Å². The maximum atomic E-state index is 6.02. The van der Waals surface area contributed by atoms with Crippen molar-refractivity contribution in [3.8, 4) is 0 Å². The van der Waals surface area contributed by atoms with Crippen molar-refractivity contribution in [3.63, 3.8) is 0 Å². The summed E-state index contributed by atoms with van der Waals surface area (Å²) in [5.74, 6) is 0. The quantitative estimate of drug-likeness (QED) is 0.879. The molecule has 1 aromatic rings. The normalized spacial score (nSPS) is 26.2. The molecule has 0 radical (unpaired) electrons. The molecule has 2 unspecified atom stereocenters. The first-order valence-electron chi connectivity index (χ1n) is 6.02. The second-order valence-electron chi connectivity index (χ2n) is 4.85. The Bertz CT molecular complexity index is 337. The molecule has 2 atom stereocenters. The molecule has 1 aliphatic carbocycles. The highest BCUT2D eigenvalue weighted by molar-refractivity contribution is 7.09. The molecule has 0 saturated heterocycles. The van der Waals surface area contributed by atoms with Gasteiger partial charge in [0, 0.05) is 24.0 Å². The van der Waals surface area contributed by atoms with Gasteiger partial charge < -0.3 is 5.73 Å². The molecule has 0 aromatic carbocycles. The van der Waals surface area contributed by atoms with Crippen molar-refractivity contribution in [1.29, 1.82) is 0 Å². The van der Waals surface area contributed by atoms with Crippen molar-refractivity contribution in [2.24, 2.45) is 5.73 Å². The third-order valence-electron chi connectivity index (χ3n) is 3.39. The second-order valence-corrected chi connectivity index (χ2v) is 5.92. The lowest BCUT2D eigenvalue weighted by Crippen LogP contribution is -2.40. The zero-order valence-corrected chi connectivity index (χ0v) is 11.0. The first kappa shape index (κ1) is 12.0. The van der Waals surface area contributed by atoms with Gasteiger partial charge in [-0.15, -0.1) is 11.3 Å². The molecule has 1 heterocycles. The Balaban J connectivity index is 1.89. The summed E-state index contributed by atoms with van der Waals surface area (Å²) in [6.07, 6.45) is 4.89. The summed E-state index contributed by atoms with van der Waals surface area (Å²) < 4.78 is 0. The molecule has 90 valence electrons. The van der Waals surface area contributed by atoms with Gasteiger partial charge in [-0.3, -0.25) is 4.90 Å². The van der Waals surface area contributed by atoms with Crippen molar-refractivity contribution in [3.05, 3.63) is 16.1 Å². The Morgan fingerprint density at radius 3 is 3.00 bits per heavy atom. The van der Waals surface area contributed by atoms with Gasteiger partial charge in [0.15, 0.2) is 0 Å². The Labute approximate surface area is 102 Å². The molecule has 3 nitrogen and oxygen atoms in total. The minimum atomic E-state index is 0.401. The van der Waals surface area contributed by atoms with Gasteiger partial charge in [0.1, 0.15) is 0 Å². The minimum Gasteiger partial charge on any atom is -0.328 e. The highest BCUT2D eigenvalue weighted by Crippen LogP contribution is 2.22. The van der Waals surface area contributed by atoms with Crippen LogP contribution in [-0.4, -0.2) is 29.0 Å². The van der Waals surface area contributed by atoms with Crippen LogP contribution in [0.25, 0.3) is 0 Å². The van der Waals surface area contributed by atoms with E-state index in [1.54, 1.807) is 11.3 Å². The van der Waals surface area contributed by atoms with E-state index in [1.807, 2.05) is 0 Å². The van der Waals surface area contributed by atoms with Gasteiger partial charge >= 0.3 is 0 Å². The van der Waals surface area contributed by atoms with Gasteiger partial charge in [-0.05, 0) is 33.2 Å². The molecule has 0 amide bonds. The monoisotopic (exact) mass is 239 g/mol. The van der Waals surface area contributed by atoms with Gasteiger partial charge in [0.05, 0.1) is 10.7 Å². The van der Waals surface area contributed by atoms with Crippen LogP contribution in [0, 0.1) is 6.92 Å². The molecule has 1 fully saturated rings. The fraction of sp³-hybridized carbons (Fsp3) is 0.750. The standard InChI is InChI=1S/C12H21N3S/c1-9-14-11(8-16-9)7-15(2)12-5-3-4-10(13)6-12/h8,10,12H,3-7,13H2,1-2H3. The van der Waals surface area contributed by atoms with E-state index in [4.69, 9.17) is 5.73 Å². The summed E-state index contributed by atoms with van der Waals surface area (Å²) in [5.41, 5.74) is 7.22. The van der Waals surface area contributed by atoms with E-state index in [0.717, 1.165) is 18.0 Å². The molecule has 1 aromatic heterocycles. The summed E-state index contributed by atoms with van der Waals surface area (Å²) in [5, 5.41) is 3.32. The number of rotatable bonds is 3. The van der Waals surface area contributed by atoms with Crippen molar-refractivity contribution < 1.29 is 0 Å². The highest BCUT2D eigenvalue weighted by atomic mass is 32.1. The van der Waals surface area contributed by atoms with E-state index in [9.17, 15) is 0 Å². The molecule has 1 aliphatic rings. The third kappa shape index (κ3) is 3.03. The first-order chi connectivity index (χ1) is 7.65. The zero-order chi connectivity index (χ0) is 11.5. The Morgan fingerprint density at radius 1 is 1.56 bits per heavy atom. The summed E-state index contributed by atoms with van der Waals surface area (Å²) in [6, 6.07) is 1.05. The van der Waals surface area contributed by atoms with Crippen LogP contribution in [0.2, 0.25) is 0 Å². The zero-order valence-electron chi connectivity index (χ0n) is 10.1. The largest absolute Gasteiger partial charge is 0.328 e. The van der Waals surface area contributed by atoms with Crippen molar-refractivity contribution >= 4 is 11.3 Å². The van der Waals surface area contributed by atoms with Crippen LogP contribution in [-0.2, 0) is 6.54 Å². The van der Waals surface area contributed by atoms with Crippen LogP contribution in [0.5, 0.6) is 0 Å². The summed E-state index contributed by atoms with van der Waals surface area (Å²) in [6.45, 7) is 3.02. The number of aromatic nitrogens is 1. The van der Waals surface area contributed by atoms with Crippen LogP contribution in [0.4, 0.5) is 0 Å². The minimum absolute atomic E-state index is 0.401. The van der Waals surface area contributed by atoms with Gasteiger partial charge in [-0.25, -0.2) is 4.98 Å². The van der Waals surface area contributed by atoms with Crippen LogP contribution in [0.1, 0.15) is 36.4 Å². The summed E-state index contributed by atoms with van der Waals surface area (Å²) in [7, 11) is 2.19. The van der Waals surface area contributed by atoms with E-state index in [1.165, 1.54) is 25.0 Å². The predicted molar refractivity (Wildman–Crippen MR) is 68.5 cm³/mol. The average molecular weight is 239 g/mol. The Hall–Kier alpha value is -0.450. The van der Waals surface area contributed by atoms with Crippen molar-refractivity contribution in [2.75, 3.05) is 7.05 Å². The topological polar surface area (TPSA) is 42.2 Å². The van der Waals surface area contributed by atoms with E-state index in [-0.39, 0.29) is 0 Å². The Morgan fingerprint density at radius 2 is 2.38 bits per heavy atom. The van der Waals surface area contributed by atoms with E-state index < -0.39 is 0 Å². The molecule has 2 N–H and O–H groups in total. The van der Waals surface area contributed by atoms with Crippen LogP contribution in [0.15, 0.2) is 5.38 Å². The molecule has 16 heavy (non-hydrogen) atoms. The van der Waals surface area contributed by atoms with E-state index >= 15 is 0 Å². The summed E-state index contributed by atoms with van der Waals surface area (Å²) in [4.78, 5) is 6.92. The van der Waals surface area contributed by atoms with Gasteiger partial charge in [-0.2, -0.15) is 0 Å². The molecule has 0 spiro atoms. The van der Waals surface area contributed by atoms with Gasteiger partial charge in [-0.1, -0.05) is 6.42 Å². The molecule has 2 rings (SSSR count). The first-order valence-corrected chi connectivity index (χ1v) is 6.90. The molecule has 4 heteroatoms. The maximum Gasteiger partial charge on any atom is 0.0897 e. The number of thiazole rings is 1. The smallest absolute Gasteiger partial charge is 0.0897 e. The van der Waals surface area contributed by atoms with E-state index in [0.29, 0.717) is 12.1 Å². The molecule has 1 saturated carbocycles. The van der Waals surface area contributed by atoms with Crippen molar-refractivity contribution in [1.82, 2.24) is 9.88 Å². The van der Waals surface area contributed by atoms with E-state index in [2.05, 4.69) is 29.2 Å². The van der Waals surface area contributed by atoms with Crippen LogP contribution in [0.3, 0.4) is 0 Å². The van der Waals surface area contributed by atoms with Crippen LogP contribution >= 0.6 is 11.3 Å². The maximum absolute atomic E-state index is 6.02. The lowest BCUT2D eigenvalue weighted by atomic mass is 9.91. The fourth-order valence-electron chi connectivity index (χ4n) is 2.47. The van der Waals surface area contributed by atoms with Gasteiger partial charge in [0.2, 0.25) is 0 Å². The van der Waals surface area contributed by atoms with Crippen LogP contribution < -0.4 is 5.73 Å². The molecular formula is C12H21N3S. The van der Waals surface area contributed by atoms with Crippen molar-refractivity contribution in [2.45, 2.75) is 51.2 Å². The molecular weight excluding hydrogens is 218 g/mol. The summed E-state index contributed by atoms with van der Waals surface area (Å²) >= 11 is 1.73. The molecule has 0 bridgehead atoms. The number of hydrogen-bond donors (Lipinski definition) is 1. The average Bonchev–Trinajstić information content (AvgIpc) is 2.64. The number of nitrogens with two attached hydrogens (primary N) is 1. The number of aryl methyl sites for hydroxylation is 1. The number of hydrogen-bond acceptors (Lipinski definition) is 4. The third-order valence-corrected chi connectivity index (χ3v) is 4.21. The number of nitrogens with zero attached hydrogens (tertiary/aromatic N) is 2. The molecule has 0 aliphatic heterocycles. The highest BCUT2D eigenvalue weighted by Gasteiger charge is 2.22.